The predicted octanol–water partition coefficient (Wildman–Crippen LogP) is 3.55. The van der Waals surface area contributed by atoms with Crippen molar-refractivity contribution in [3.63, 3.8) is 0 Å². The lowest BCUT2D eigenvalue weighted by Gasteiger charge is -2.09. The molecule has 0 fully saturated rings. The van der Waals surface area contributed by atoms with E-state index in [1.54, 1.807) is 41.4 Å². The van der Waals surface area contributed by atoms with Crippen molar-refractivity contribution in [3.05, 3.63) is 93.9 Å². The summed E-state index contributed by atoms with van der Waals surface area (Å²) in [6.45, 7) is 0. The van der Waals surface area contributed by atoms with Gasteiger partial charge in [0.15, 0.2) is 11.6 Å². The highest BCUT2D eigenvalue weighted by atomic mass is 32.1. The first kappa shape index (κ1) is 17.0. The highest BCUT2D eigenvalue weighted by molar-refractivity contribution is 7.07. The second kappa shape index (κ2) is 6.58. The average Bonchev–Trinajstić information content (AvgIpc) is 3.51. The van der Waals surface area contributed by atoms with E-state index in [1.165, 1.54) is 0 Å². The average molecular weight is 410 g/mol. The largest absolute Gasteiger partial charge is 0.337 e. The third kappa shape index (κ3) is 2.86. The minimum Gasteiger partial charge on any atom is -0.337 e. The number of hydroxylamine groups is 2. The maximum Gasteiger partial charge on any atom is 0.160 e. The summed E-state index contributed by atoms with van der Waals surface area (Å²) in [7, 11) is 0. The van der Waals surface area contributed by atoms with E-state index in [1.807, 2.05) is 29.6 Å². The Kier molecular flexibility index (Phi) is 3.73. The van der Waals surface area contributed by atoms with E-state index in [0.717, 1.165) is 55.0 Å². The van der Waals surface area contributed by atoms with Gasteiger partial charge in [0.2, 0.25) is 0 Å². The van der Waals surface area contributed by atoms with Gasteiger partial charge >= 0.3 is 0 Å². The van der Waals surface area contributed by atoms with Gasteiger partial charge in [0, 0.05) is 23.4 Å². The van der Waals surface area contributed by atoms with E-state index < -0.39 is 0 Å². The predicted molar refractivity (Wildman–Crippen MR) is 114 cm³/mol. The standard InChI is InChI=1S/C22H14N6OS/c29-28-7-5-13(6-8-28)21-24-16-3-1-14(9-18(16)26-21)15-2-4-17-19(10-15)27-22(25-17)20-11-30-12-23-20/h1-12,29H,(H,25,27). The summed E-state index contributed by atoms with van der Waals surface area (Å²) in [6, 6.07) is 12.2. The normalized spacial score (nSPS) is 14.9. The maximum absolute atomic E-state index is 9.40. The van der Waals surface area contributed by atoms with Crippen LogP contribution in [0.25, 0.3) is 33.7 Å². The van der Waals surface area contributed by atoms with Gasteiger partial charge < -0.3 is 4.98 Å². The smallest absolute Gasteiger partial charge is 0.160 e. The zero-order valence-corrected chi connectivity index (χ0v) is 16.3. The summed E-state index contributed by atoms with van der Waals surface area (Å²) in [6.07, 6.45) is 6.67. The fraction of sp³-hybridized carbons (Fsp3) is 0. The molecule has 0 saturated heterocycles. The van der Waals surface area contributed by atoms with E-state index in [0.29, 0.717) is 5.82 Å². The lowest BCUT2D eigenvalue weighted by atomic mass is 10.0. The molecule has 2 aromatic heterocycles. The molecule has 0 spiro atoms. The van der Waals surface area contributed by atoms with E-state index in [9.17, 15) is 5.21 Å². The zero-order chi connectivity index (χ0) is 20.1. The molecule has 2 aromatic carbocycles. The van der Waals surface area contributed by atoms with E-state index >= 15 is 0 Å². The number of imidazole rings is 1. The highest BCUT2D eigenvalue weighted by Gasteiger charge is 2.11. The van der Waals surface area contributed by atoms with Crippen LogP contribution < -0.4 is 10.7 Å². The molecule has 0 aliphatic carbocycles. The fourth-order valence-corrected chi connectivity index (χ4v) is 4.01. The van der Waals surface area contributed by atoms with Crippen LogP contribution >= 0.6 is 11.3 Å². The summed E-state index contributed by atoms with van der Waals surface area (Å²) in [5.74, 6) is 1.41. The highest BCUT2D eigenvalue weighted by Crippen LogP contribution is 2.25. The van der Waals surface area contributed by atoms with Crippen LogP contribution in [0.4, 0.5) is 0 Å². The van der Waals surface area contributed by atoms with Crippen LogP contribution in [0.1, 0.15) is 0 Å². The van der Waals surface area contributed by atoms with Crippen molar-refractivity contribution in [2.24, 2.45) is 9.98 Å². The molecule has 4 aromatic rings. The van der Waals surface area contributed by atoms with Crippen LogP contribution in [0.15, 0.2) is 93.2 Å². The second-order valence-electron chi connectivity index (χ2n) is 6.91. The number of H-pyrrole nitrogens is 1. The first-order valence-electron chi connectivity index (χ1n) is 9.27. The number of fused-ring (bicyclic) bond motifs is 2. The first-order valence-corrected chi connectivity index (χ1v) is 10.2. The van der Waals surface area contributed by atoms with Gasteiger partial charge in [-0.15, -0.1) is 11.3 Å². The number of hydrogen-bond acceptors (Lipinski definition) is 7. The number of benzene rings is 2. The molecule has 8 heteroatoms. The SMILES string of the molecule is ON1C=CC(=C2N=c3ccc(-c4ccc5nc(-c6cscn6)[nH]c5c4)cc3=N2)C=C1. The Bertz CT molecular complexity index is 1490. The molecular weight excluding hydrogens is 396 g/mol. The Balaban J connectivity index is 1.40. The third-order valence-corrected chi connectivity index (χ3v) is 5.58. The number of allylic oxidation sites excluding steroid dienone is 3. The van der Waals surface area contributed by atoms with Crippen LogP contribution in [0, 0.1) is 0 Å². The number of aromatic nitrogens is 3. The zero-order valence-electron chi connectivity index (χ0n) is 15.5. The van der Waals surface area contributed by atoms with Gasteiger partial charge in [-0.1, -0.05) is 12.1 Å². The summed E-state index contributed by atoms with van der Waals surface area (Å²) < 4.78 is 0. The van der Waals surface area contributed by atoms with Crippen LogP contribution in [0.5, 0.6) is 0 Å². The molecule has 2 N–H and O–H groups in total. The van der Waals surface area contributed by atoms with Gasteiger partial charge in [0.25, 0.3) is 0 Å². The molecule has 0 bridgehead atoms. The van der Waals surface area contributed by atoms with Gasteiger partial charge in [0.1, 0.15) is 5.69 Å². The quantitative estimate of drug-likeness (QED) is 0.529. The Hall–Kier alpha value is -3.88. The molecule has 30 heavy (non-hydrogen) atoms. The van der Waals surface area contributed by atoms with Crippen molar-refractivity contribution >= 4 is 22.4 Å². The molecule has 2 aliphatic heterocycles. The van der Waals surface area contributed by atoms with Crippen LogP contribution in [-0.4, -0.2) is 25.2 Å². The van der Waals surface area contributed by atoms with Gasteiger partial charge in [-0.25, -0.2) is 25.0 Å². The van der Waals surface area contributed by atoms with Gasteiger partial charge in [-0.3, -0.25) is 5.21 Å². The number of aromatic amines is 1. The Labute approximate surface area is 174 Å². The van der Waals surface area contributed by atoms with Crippen LogP contribution in [-0.2, 0) is 0 Å². The molecule has 4 heterocycles. The van der Waals surface area contributed by atoms with Crippen molar-refractivity contribution in [2.75, 3.05) is 0 Å². The summed E-state index contributed by atoms with van der Waals surface area (Å²) in [4.78, 5) is 21.6. The lowest BCUT2D eigenvalue weighted by molar-refractivity contribution is 0.0105. The number of rotatable bonds is 2. The van der Waals surface area contributed by atoms with Crippen molar-refractivity contribution in [3.8, 4) is 22.6 Å². The molecular formula is C22H14N6OS. The van der Waals surface area contributed by atoms with Crippen molar-refractivity contribution in [1.29, 1.82) is 0 Å². The molecule has 0 radical (unpaired) electrons. The van der Waals surface area contributed by atoms with E-state index in [4.69, 9.17) is 0 Å². The lowest BCUT2D eigenvalue weighted by Crippen LogP contribution is -2.20. The van der Waals surface area contributed by atoms with Crippen molar-refractivity contribution < 1.29 is 5.21 Å². The Morgan fingerprint density at radius 2 is 1.73 bits per heavy atom. The molecule has 2 aliphatic rings. The second-order valence-corrected chi connectivity index (χ2v) is 7.63. The van der Waals surface area contributed by atoms with Gasteiger partial charge in [-0.2, -0.15) is 0 Å². The molecule has 0 saturated carbocycles. The molecule has 0 atom stereocenters. The Morgan fingerprint density at radius 1 is 0.933 bits per heavy atom. The summed E-state index contributed by atoms with van der Waals surface area (Å²) in [5, 5.41) is 14.0. The molecule has 0 amide bonds. The van der Waals surface area contributed by atoms with Crippen LogP contribution in [0.3, 0.4) is 0 Å². The minimum absolute atomic E-state index is 0.639. The number of nitrogens with one attached hydrogen (secondary N) is 1. The first-order chi connectivity index (χ1) is 14.7. The van der Waals surface area contributed by atoms with Gasteiger partial charge in [0.05, 0.1) is 27.3 Å². The van der Waals surface area contributed by atoms with Crippen molar-refractivity contribution in [1.82, 2.24) is 20.0 Å². The molecule has 0 unspecified atom stereocenters. The molecule has 7 nitrogen and oxygen atoms in total. The monoisotopic (exact) mass is 410 g/mol. The van der Waals surface area contributed by atoms with E-state index in [2.05, 4.69) is 37.1 Å². The van der Waals surface area contributed by atoms with E-state index in [-0.39, 0.29) is 0 Å². The third-order valence-electron chi connectivity index (χ3n) is 4.99. The Morgan fingerprint density at radius 3 is 2.57 bits per heavy atom. The number of hydrogen-bond donors (Lipinski definition) is 2. The maximum atomic E-state index is 9.40. The van der Waals surface area contributed by atoms with Crippen molar-refractivity contribution in [2.45, 2.75) is 0 Å². The number of nitrogens with zero attached hydrogens (tertiary/aromatic N) is 5. The fourth-order valence-electron chi connectivity index (χ4n) is 3.48. The summed E-state index contributed by atoms with van der Waals surface area (Å²) in [5.41, 5.74) is 7.51. The number of thiazole rings is 1. The molecule has 144 valence electrons. The topological polar surface area (TPSA) is 89.8 Å². The summed E-state index contributed by atoms with van der Waals surface area (Å²) >= 11 is 1.55. The minimum atomic E-state index is 0.639. The molecule has 6 rings (SSSR count). The van der Waals surface area contributed by atoms with Gasteiger partial charge in [-0.05, 0) is 47.5 Å². The van der Waals surface area contributed by atoms with Crippen LogP contribution in [0.2, 0.25) is 0 Å².